The number of benzene rings is 1. The Labute approximate surface area is 90.3 Å². The summed E-state index contributed by atoms with van der Waals surface area (Å²) >= 11 is 0. The van der Waals surface area contributed by atoms with E-state index in [0.29, 0.717) is 6.42 Å². The van der Waals surface area contributed by atoms with Crippen LogP contribution in [0.4, 0.5) is 0 Å². The summed E-state index contributed by atoms with van der Waals surface area (Å²) in [4.78, 5) is 11.8. The maximum absolute atomic E-state index is 11.8. The van der Waals surface area contributed by atoms with E-state index in [-0.39, 0.29) is 11.9 Å². The molecule has 2 rings (SSSR count). The summed E-state index contributed by atoms with van der Waals surface area (Å²) in [5, 5.41) is 0. The molecule has 0 aliphatic carbocycles. The van der Waals surface area contributed by atoms with Gasteiger partial charge in [0.2, 0.25) is 0 Å². The first-order valence-electron chi connectivity index (χ1n) is 5.53. The lowest BCUT2D eigenvalue weighted by molar-refractivity contribution is 0.0871. The smallest absolute Gasteiger partial charge is 0.170 e. The molecule has 2 nitrogen and oxygen atoms in total. The van der Waals surface area contributed by atoms with Crippen molar-refractivity contribution in [3.63, 3.8) is 0 Å². The molecule has 0 aromatic heterocycles. The summed E-state index contributed by atoms with van der Waals surface area (Å²) in [6.45, 7) is 4.07. The highest BCUT2D eigenvalue weighted by atomic mass is 16.5. The molecule has 1 aliphatic heterocycles. The molecule has 15 heavy (non-hydrogen) atoms. The van der Waals surface area contributed by atoms with Crippen LogP contribution in [0.5, 0.6) is 5.75 Å². The van der Waals surface area contributed by atoms with Gasteiger partial charge >= 0.3 is 0 Å². The van der Waals surface area contributed by atoms with Gasteiger partial charge in [-0.2, -0.15) is 0 Å². The molecule has 80 valence electrons. The number of fused-ring (bicyclic) bond motifs is 1. The molecule has 0 radical (unpaired) electrons. The molecule has 1 aromatic rings. The van der Waals surface area contributed by atoms with E-state index in [0.717, 1.165) is 24.2 Å². The Morgan fingerprint density at radius 2 is 2.27 bits per heavy atom. The average molecular weight is 204 g/mol. The normalized spacial score (nSPS) is 19.6. The maximum Gasteiger partial charge on any atom is 0.170 e. The molecule has 1 heterocycles. The van der Waals surface area contributed by atoms with Gasteiger partial charge in [-0.1, -0.05) is 19.4 Å². The van der Waals surface area contributed by atoms with E-state index in [1.807, 2.05) is 25.1 Å². The van der Waals surface area contributed by atoms with Crippen LogP contribution in [0.2, 0.25) is 0 Å². The highest BCUT2D eigenvalue weighted by Gasteiger charge is 2.23. The second-order valence-electron chi connectivity index (χ2n) is 4.14. The molecule has 0 fully saturated rings. The van der Waals surface area contributed by atoms with Crippen molar-refractivity contribution in [1.29, 1.82) is 0 Å². The summed E-state index contributed by atoms with van der Waals surface area (Å²) in [7, 11) is 0. The minimum Gasteiger partial charge on any atom is -0.489 e. The molecular weight excluding hydrogens is 188 g/mol. The Morgan fingerprint density at radius 3 is 3.00 bits per heavy atom. The second-order valence-corrected chi connectivity index (χ2v) is 4.14. The quantitative estimate of drug-likeness (QED) is 0.740. The SMILES string of the molecule is CCCc1ccc2c(c1)C(=O)CC(C)O2. The maximum atomic E-state index is 11.8. The summed E-state index contributed by atoms with van der Waals surface area (Å²) in [5.41, 5.74) is 1.99. The van der Waals surface area contributed by atoms with Crippen LogP contribution in [0.1, 0.15) is 42.6 Å². The number of ether oxygens (including phenoxy) is 1. The zero-order valence-electron chi connectivity index (χ0n) is 9.25. The van der Waals surface area contributed by atoms with Crippen molar-refractivity contribution in [3.05, 3.63) is 29.3 Å². The van der Waals surface area contributed by atoms with Crippen LogP contribution in [0, 0.1) is 0 Å². The molecule has 1 aromatic carbocycles. The predicted molar refractivity (Wildman–Crippen MR) is 59.5 cm³/mol. The van der Waals surface area contributed by atoms with Gasteiger partial charge in [-0.15, -0.1) is 0 Å². The van der Waals surface area contributed by atoms with Crippen molar-refractivity contribution >= 4 is 5.78 Å². The monoisotopic (exact) mass is 204 g/mol. The van der Waals surface area contributed by atoms with Crippen molar-refractivity contribution in [3.8, 4) is 5.75 Å². The molecule has 1 unspecified atom stereocenters. The number of Topliss-reactive ketones (excluding diaryl/α,β-unsaturated/α-hetero) is 1. The lowest BCUT2D eigenvalue weighted by atomic mass is 9.98. The lowest BCUT2D eigenvalue weighted by Gasteiger charge is -2.22. The molecule has 1 atom stereocenters. The molecule has 1 aliphatic rings. The van der Waals surface area contributed by atoms with Crippen LogP contribution < -0.4 is 4.74 Å². The van der Waals surface area contributed by atoms with Crippen LogP contribution in [0.25, 0.3) is 0 Å². The first kappa shape index (κ1) is 10.2. The molecule has 0 saturated carbocycles. The van der Waals surface area contributed by atoms with E-state index in [1.165, 1.54) is 5.56 Å². The molecule has 0 saturated heterocycles. The number of hydrogen-bond acceptors (Lipinski definition) is 2. The molecular formula is C13H16O2. The van der Waals surface area contributed by atoms with Crippen LogP contribution in [0.3, 0.4) is 0 Å². The Hall–Kier alpha value is -1.31. The van der Waals surface area contributed by atoms with E-state index >= 15 is 0 Å². The Balaban J connectivity index is 2.35. The Bertz CT molecular complexity index is 382. The molecule has 0 amide bonds. The van der Waals surface area contributed by atoms with Crippen LogP contribution >= 0.6 is 0 Å². The highest BCUT2D eigenvalue weighted by molar-refractivity contribution is 6.00. The standard InChI is InChI=1S/C13H16O2/c1-3-4-10-5-6-13-11(8-10)12(14)7-9(2)15-13/h5-6,8-9H,3-4,7H2,1-2H3. The fraction of sp³-hybridized carbons (Fsp3) is 0.462. The van der Waals surface area contributed by atoms with Gasteiger partial charge < -0.3 is 4.74 Å². The first-order chi connectivity index (χ1) is 7.20. The van der Waals surface area contributed by atoms with Gasteiger partial charge in [0.1, 0.15) is 11.9 Å². The molecule has 0 bridgehead atoms. The van der Waals surface area contributed by atoms with Gasteiger partial charge in [-0.05, 0) is 31.0 Å². The number of carbonyl (C=O) groups is 1. The van der Waals surface area contributed by atoms with Crippen molar-refractivity contribution in [2.45, 2.75) is 39.2 Å². The van der Waals surface area contributed by atoms with Crippen molar-refractivity contribution in [2.75, 3.05) is 0 Å². The molecule has 2 heteroatoms. The van der Waals surface area contributed by atoms with Crippen LogP contribution in [-0.2, 0) is 6.42 Å². The number of ketones is 1. The number of rotatable bonds is 2. The highest BCUT2D eigenvalue weighted by Crippen LogP contribution is 2.28. The minimum absolute atomic E-state index is 0.0158. The Morgan fingerprint density at radius 1 is 1.47 bits per heavy atom. The van der Waals surface area contributed by atoms with E-state index < -0.39 is 0 Å². The fourth-order valence-corrected chi connectivity index (χ4v) is 1.97. The van der Waals surface area contributed by atoms with E-state index in [1.54, 1.807) is 0 Å². The largest absolute Gasteiger partial charge is 0.489 e. The van der Waals surface area contributed by atoms with E-state index in [4.69, 9.17) is 4.74 Å². The van der Waals surface area contributed by atoms with E-state index in [9.17, 15) is 4.79 Å². The van der Waals surface area contributed by atoms with Gasteiger partial charge in [-0.25, -0.2) is 0 Å². The van der Waals surface area contributed by atoms with Gasteiger partial charge in [0.15, 0.2) is 5.78 Å². The average Bonchev–Trinajstić information content (AvgIpc) is 2.19. The zero-order chi connectivity index (χ0) is 10.8. The molecule has 0 N–H and O–H groups in total. The third-order valence-corrected chi connectivity index (χ3v) is 2.68. The summed E-state index contributed by atoms with van der Waals surface area (Å²) in [6.07, 6.45) is 2.64. The number of aryl methyl sites for hydroxylation is 1. The number of hydrogen-bond donors (Lipinski definition) is 0. The zero-order valence-corrected chi connectivity index (χ0v) is 9.25. The van der Waals surface area contributed by atoms with Gasteiger partial charge in [0.05, 0.1) is 5.56 Å². The van der Waals surface area contributed by atoms with Gasteiger partial charge in [0.25, 0.3) is 0 Å². The summed E-state index contributed by atoms with van der Waals surface area (Å²) < 4.78 is 5.61. The topological polar surface area (TPSA) is 26.3 Å². The third kappa shape index (κ3) is 2.04. The summed E-state index contributed by atoms with van der Waals surface area (Å²) in [6, 6.07) is 5.95. The van der Waals surface area contributed by atoms with Crippen molar-refractivity contribution in [2.24, 2.45) is 0 Å². The lowest BCUT2D eigenvalue weighted by Crippen LogP contribution is -2.23. The van der Waals surface area contributed by atoms with Crippen molar-refractivity contribution < 1.29 is 9.53 Å². The fourth-order valence-electron chi connectivity index (χ4n) is 1.97. The first-order valence-corrected chi connectivity index (χ1v) is 5.53. The number of carbonyl (C=O) groups excluding carboxylic acids is 1. The summed E-state index contributed by atoms with van der Waals surface area (Å²) in [5.74, 6) is 0.959. The van der Waals surface area contributed by atoms with Crippen LogP contribution in [-0.4, -0.2) is 11.9 Å². The van der Waals surface area contributed by atoms with E-state index in [2.05, 4.69) is 6.92 Å². The molecule has 0 spiro atoms. The van der Waals surface area contributed by atoms with Gasteiger partial charge in [0, 0.05) is 6.42 Å². The van der Waals surface area contributed by atoms with Crippen molar-refractivity contribution in [1.82, 2.24) is 0 Å². The second kappa shape index (κ2) is 4.05. The van der Waals surface area contributed by atoms with Gasteiger partial charge in [-0.3, -0.25) is 4.79 Å². The van der Waals surface area contributed by atoms with Crippen LogP contribution in [0.15, 0.2) is 18.2 Å². The minimum atomic E-state index is 0.0158. The Kier molecular flexibility index (Phi) is 2.76. The third-order valence-electron chi connectivity index (χ3n) is 2.68. The predicted octanol–water partition coefficient (Wildman–Crippen LogP) is 2.99.